The Morgan fingerprint density at radius 2 is 1.81 bits per heavy atom. The Labute approximate surface area is 165 Å². The molecule has 7 heteroatoms. The van der Waals surface area contributed by atoms with Crippen molar-refractivity contribution in [3.8, 4) is 5.75 Å². The van der Waals surface area contributed by atoms with Crippen molar-refractivity contribution < 1.29 is 9.53 Å². The Morgan fingerprint density at radius 1 is 1.08 bits per heavy atom. The van der Waals surface area contributed by atoms with Gasteiger partial charge in [0.15, 0.2) is 6.61 Å². The van der Waals surface area contributed by atoms with E-state index in [0.29, 0.717) is 10.8 Å². The van der Waals surface area contributed by atoms with Crippen molar-refractivity contribution in [3.05, 3.63) is 59.4 Å². The summed E-state index contributed by atoms with van der Waals surface area (Å²) in [5.74, 6) is 0.686. The Balaban J connectivity index is 0.00000243. The molecule has 0 unspecified atom stereocenters. The van der Waals surface area contributed by atoms with Gasteiger partial charge in [0.1, 0.15) is 5.75 Å². The minimum Gasteiger partial charge on any atom is -0.484 e. The van der Waals surface area contributed by atoms with Crippen LogP contribution in [0.25, 0.3) is 0 Å². The maximum Gasteiger partial charge on any atom is 0.260 e. The first-order chi connectivity index (χ1) is 12.2. The second-order valence-electron chi connectivity index (χ2n) is 6.04. The highest BCUT2D eigenvalue weighted by Gasteiger charge is 2.21. The standard InChI is InChI=1S/C19H22ClN3O2.ClH/c20-16-4-6-18(7-5-16)25-15-19(24)23-13-11-22(12-14-23)10-8-17-3-1-2-9-21-17;/h1-7,9H,8,10-15H2;1H. The highest BCUT2D eigenvalue weighted by molar-refractivity contribution is 6.30. The first kappa shape index (κ1) is 20.5. The molecule has 5 nitrogen and oxygen atoms in total. The van der Waals surface area contributed by atoms with Gasteiger partial charge in [-0.2, -0.15) is 0 Å². The minimum absolute atomic E-state index is 0. The van der Waals surface area contributed by atoms with Crippen LogP contribution in [0.4, 0.5) is 0 Å². The number of amides is 1. The number of rotatable bonds is 6. The topological polar surface area (TPSA) is 45.7 Å². The zero-order chi connectivity index (χ0) is 17.5. The summed E-state index contributed by atoms with van der Waals surface area (Å²) in [5, 5.41) is 0.653. The fraction of sp³-hybridized carbons (Fsp3) is 0.368. The Bertz CT molecular complexity index is 675. The van der Waals surface area contributed by atoms with E-state index >= 15 is 0 Å². The lowest BCUT2D eigenvalue weighted by Crippen LogP contribution is -2.50. The number of carbonyl (C=O) groups is 1. The summed E-state index contributed by atoms with van der Waals surface area (Å²) in [5.41, 5.74) is 1.11. The molecule has 1 aromatic carbocycles. The molecule has 1 saturated heterocycles. The Kier molecular flexibility index (Phi) is 8.16. The number of ether oxygens (including phenoxy) is 1. The van der Waals surface area contributed by atoms with Crippen molar-refractivity contribution in [1.29, 1.82) is 0 Å². The zero-order valence-electron chi connectivity index (χ0n) is 14.5. The van der Waals surface area contributed by atoms with Gasteiger partial charge in [-0.3, -0.25) is 14.7 Å². The molecule has 0 saturated carbocycles. The molecule has 0 radical (unpaired) electrons. The number of pyridine rings is 1. The average molecular weight is 396 g/mol. The van der Waals surface area contributed by atoms with Crippen LogP contribution in [0.2, 0.25) is 5.02 Å². The number of carbonyl (C=O) groups excluding carboxylic acids is 1. The van der Waals surface area contributed by atoms with Crippen molar-refractivity contribution in [2.75, 3.05) is 39.3 Å². The fourth-order valence-corrected chi connectivity index (χ4v) is 2.93. The van der Waals surface area contributed by atoms with Crippen LogP contribution in [-0.2, 0) is 11.2 Å². The fourth-order valence-electron chi connectivity index (χ4n) is 2.81. The minimum atomic E-state index is 0. The third kappa shape index (κ3) is 6.16. The third-order valence-corrected chi connectivity index (χ3v) is 4.56. The second-order valence-corrected chi connectivity index (χ2v) is 6.47. The van der Waals surface area contributed by atoms with Crippen molar-refractivity contribution in [2.24, 2.45) is 0 Å². The molecule has 0 atom stereocenters. The smallest absolute Gasteiger partial charge is 0.260 e. The van der Waals surface area contributed by atoms with E-state index in [-0.39, 0.29) is 24.9 Å². The zero-order valence-corrected chi connectivity index (χ0v) is 16.1. The van der Waals surface area contributed by atoms with Gasteiger partial charge >= 0.3 is 0 Å². The van der Waals surface area contributed by atoms with Crippen LogP contribution in [0.15, 0.2) is 48.7 Å². The summed E-state index contributed by atoms with van der Waals surface area (Å²) in [4.78, 5) is 20.9. The third-order valence-electron chi connectivity index (χ3n) is 4.31. The van der Waals surface area contributed by atoms with Gasteiger partial charge in [0.25, 0.3) is 5.91 Å². The number of hydrogen-bond donors (Lipinski definition) is 0. The summed E-state index contributed by atoms with van der Waals surface area (Å²) in [6.45, 7) is 4.30. The van der Waals surface area contributed by atoms with E-state index in [0.717, 1.165) is 44.8 Å². The summed E-state index contributed by atoms with van der Waals surface area (Å²) >= 11 is 5.84. The molecule has 0 N–H and O–H groups in total. The van der Waals surface area contributed by atoms with Crippen LogP contribution in [0, 0.1) is 0 Å². The second kappa shape index (κ2) is 10.4. The number of aromatic nitrogens is 1. The molecule has 0 bridgehead atoms. The SMILES string of the molecule is Cl.O=C(COc1ccc(Cl)cc1)N1CCN(CCc2ccccn2)CC1. The molecular weight excluding hydrogens is 373 g/mol. The van der Waals surface area contributed by atoms with Crippen LogP contribution in [0.5, 0.6) is 5.75 Å². The monoisotopic (exact) mass is 395 g/mol. The highest BCUT2D eigenvalue weighted by Crippen LogP contribution is 2.15. The molecule has 140 valence electrons. The molecule has 26 heavy (non-hydrogen) atoms. The van der Waals surface area contributed by atoms with Crippen LogP contribution in [0.1, 0.15) is 5.69 Å². The van der Waals surface area contributed by atoms with Crippen LogP contribution >= 0.6 is 24.0 Å². The number of halogens is 2. The molecule has 1 aliphatic rings. The van der Waals surface area contributed by atoms with Crippen LogP contribution < -0.4 is 4.74 Å². The van der Waals surface area contributed by atoms with E-state index in [9.17, 15) is 4.79 Å². The van der Waals surface area contributed by atoms with Crippen molar-refractivity contribution in [3.63, 3.8) is 0 Å². The predicted molar refractivity (Wildman–Crippen MR) is 105 cm³/mol. The van der Waals surface area contributed by atoms with E-state index in [1.54, 1.807) is 24.3 Å². The van der Waals surface area contributed by atoms with Crippen LogP contribution in [0.3, 0.4) is 0 Å². The number of hydrogen-bond acceptors (Lipinski definition) is 4. The lowest BCUT2D eigenvalue weighted by Gasteiger charge is -2.34. The quantitative estimate of drug-likeness (QED) is 0.754. The Morgan fingerprint density at radius 3 is 2.46 bits per heavy atom. The molecule has 2 aromatic rings. The van der Waals surface area contributed by atoms with Gasteiger partial charge in [0.05, 0.1) is 0 Å². The van der Waals surface area contributed by atoms with Gasteiger partial charge in [-0.1, -0.05) is 17.7 Å². The average Bonchev–Trinajstić information content (AvgIpc) is 2.67. The maximum absolute atomic E-state index is 12.3. The summed E-state index contributed by atoms with van der Waals surface area (Å²) in [6.07, 6.45) is 2.76. The van der Waals surface area contributed by atoms with E-state index in [1.807, 2.05) is 29.3 Å². The summed E-state index contributed by atoms with van der Waals surface area (Å²) in [6, 6.07) is 13.0. The largest absolute Gasteiger partial charge is 0.484 e. The van der Waals surface area contributed by atoms with Crippen molar-refractivity contribution >= 4 is 29.9 Å². The molecule has 3 rings (SSSR count). The first-order valence-corrected chi connectivity index (χ1v) is 8.87. The van der Waals surface area contributed by atoms with Gasteiger partial charge in [0.2, 0.25) is 0 Å². The van der Waals surface area contributed by atoms with Crippen LogP contribution in [-0.4, -0.2) is 60.0 Å². The molecule has 2 heterocycles. The number of piperazine rings is 1. The lowest BCUT2D eigenvalue weighted by atomic mass is 10.2. The summed E-state index contributed by atoms with van der Waals surface area (Å²) < 4.78 is 5.54. The number of benzene rings is 1. The molecule has 0 spiro atoms. The highest BCUT2D eigenvalue weighted by atomic mass is 35.5. The first-order valence-electron chi connectivity index (χ1n) is 8.49. The molecule has 1 aliphatic heterocycles. The van der Waals surface area contributed by atoms with Gasteiger partial charge < -0.3 is 9.64 Å². The van der Waals surface area contributed by atoms with Gasteiger partial charge in [-0.05, 0) is 36.4 Å². The van der Waals surface area contributed by atoms with Gasteiger partial charge in [-0.25, -0.2) is 0 Å². The van der Waals surface area contributed by atoms with Gasteiger partial charge in [-0.15, -0.1) is 12.4 Å². The molecule has 0 aliphatic carbocycles. The van der Waals surface area contributed by atoms with E-state index in [2.05, 4.69) is 9.88 Å². The van der Waals surface area contributed by atoms with Crippen molar-refractivity contribution in [1.82, 2.24) is 14.8 Å². The Hall–Kier alpha value is -1.82. The number of nitrogens with zero attached hydrogens (tertiary/aromatic N) is 3. The molecule has 1 fully saturated rings. The van der Waals surface area contributed by atoms with E-state index in [4.69, 9.17) is 16.3 Å². The van der Waals surface area contributed by atoms with E-state index in [1.165, 1.54) is 0 Å². The predicted octanol–water partition coefficient (Wildman–Crippen LogP) is 2.92. The summed E-state index contributed by atoms with van der Waals surface area (Å²) in [7, 11) is 0. The van der Waals surface area contributed by atoms with Crippen molar-refractivity contribution in [2.45, 2.75) is 6.42 Å². The maximum atomic E-state index is 12.3. The molecule has 1 amide bonds. The lowest BCUT2D eigenvalue weighted by molar-refractivity contribution is -0.135. The molecule has 1 aromatic heterocycles. The van der Waals surface area contributed by atoms with E-state index < -0.39 is 0 Å². The normalized spacial score (nSPS) is 14.6. The van der Waals surface area contributed by atoms with Gasteiger partial charge in [0, 0.05) is 56.1 Å². The molecular formula is C19H23Cl2N3O2.